The summed E-state index contributed by atoms with van der Waals surface area (Å²) in [5.41, 5.74) is 6.98. The molecular formula is C20H19N3O3. The van der Waals surface area contributed by atoms with Crippen molar-refractivity contribution in [3.8, 4) is 11.3 Å². The molecular weight excluding hydrogens is 330 g/mol. The number of primary amides is 1. The summed E-state index contributed by atoms with van der Waals surface area (Å²) in [4.78, 5) is 28.0. The number of amides is 2. The zero-order valence-electron chi connectivity index (χ0n) is 14.1. The van der Waals surface area contributed by atoms with Crippen LogP contribution >= 0.6 is 0 Å². The van der Waals surface area contributed by atoms with Gasteiger partial charge >= 0.3 is 0 Å². The maximum absolute atomic E-state index is 12.2. The lowest BCUT2D eigenvalue weighted by Crippen LogP contribution is -2.37. The SMILES string of the molecule is NC(=O)[C@H](NC(=O)CCc1ncc(-c2ccccc2)o1)c1ccccc1. The van der Waals surface area contributed by atoms with Crippen molar-refractivity contribution in [3.63, 3.8) is 0 Å². The fourth-order valence-corrected chi connectivity index (χ4v) is 2.58. The maximum atomic E-state index is 12.2. The van der Waals surface area contributed by atoms with Crippen molar-refractivity contribution >= 4 is 11.8 Å². The number of hydrogen-bond donors (Lipinski definition) is 2. The Morgan fingerprint density at radius 2 is 1.69 bits per heavy atom. The number of hydrogen-bond acceptors (Lipinski definition) is 4. The van der Waals surface area contributed by atoms with Gasteiger partial charge in [-0.15, -0.1) is 0 Å². The fourth-order valence-electron chi connectivity index (χ4n) is 2.58. The van der Waals surface area contributed by atoms with E-state index in [1.807, 2.05) is 36.4 Å². The summed E-state index contributed by atoms with van der Waals surface area (Å²) in [5.74, 6) is 0.221. The second-order valence-electron chi connectivity index (χ2n) is 5.80. The van der Waals surface area contributed by atoms with E-state index in [4.69, 9.17) is 10.2 Å². The molecule has 0 saturated heterocycles. The summed E-state index contributed by atoms with van der Waals surface area (Å²) in [5, 5.41) is 2.66. The average molecular weight is 349 g/mol. The van der Waals surface area contributed by atoms with Crippen LogP contribution in [0.25, 0.3) is 11.3 Å². The fraction of sp³-hybridized carbons (Fsp3) is 0.150. The van der Waals surface area contributed by atoms with Crippen LogP contribution in [-0.4, -0.2) is 16.8 Å². The lowest BCUT2D eigenvalue weighted by molar-refractivity contribution is -0.127. The molecule has 0 unspecified atom stereocenters. The van der Waals surface area contributed by atoms with Gasteiger partial charge in [0, 0.05) is 18.4 Å². The monoisotopic (exact) mass is 349 g/mol. The number of carbonyl (C=O) groups excluding carboxylic acids is 2. The Kier molecular flexibility index (Phi) is 5.43. The molecule has 1 atom stereocenters. The largest absolute Gasteiger partial charge is 0.441 e. The Balaban J connectivity index is 1.59. The van der Waals surface area contributed by atoms with Gasteiger partial charge in [0.15, 0.2) is 11.7 Å². The predicted molar refractivity (Wildman–Crippen MR) is 96.8 cm³/mol. The van der Waals surface area contributed by atoms with Crippen molar-refractivity contribution < 1.29 is 14.0 Å². The third kappa shape index (κ3) is 4.36. The summed E-state index contributed by atoms with van der Waals surface area (Å²) in [6.07, 6.45) is 2.11. The molecule has 0 bridgehead atoms. The summed E-state index contributed by atoms with van der Waals surface area (Å²) in [6, 6.07) is 17.6. The first-order valence-corrected chi connectivity index (χ1v) is 8.27. The van der Waals surface area contributed by atoms with E-state index in [1.54, 1.807) is 30.5 Å². The zero-order chi connectivity index (χ0) is 18.4. The lowest BCUT2D eigenvalue weighted by atomic mass is 10.1. The molecule has 0 aliphatic carbocycles. The van der Waals surface area contributed by atoms with Crippen LogP contribution in [0.4, 0.5) is 0 Å². The predicted octanol–water partition coefficient (Wildman–Crippen LogP) is 2.62. The number of carbonyl (C=O) groups is 2. The van der Waals surface area contributed by atoms with E-state index in [-0.39, 0.29) is 12.3 Å². The highest BCUT2D eigenvalue weighted by atomic mass is 16.4. The smallest absolute Gasteiger partial charge is 0.244 e. The molecule has 1 heterocycles. The number of aromatic nitrogens is 1. The molecule has 6 heteroatoms. The van der Waals surface area contributed by atoms with E-state index >= 15 is 0 Å². The third-order valence-corrected chi connectivity index (χ3v) is 3.90. The quantitative estimate of drug-likeness (QED) is 0.685. The summed E-state index contributed by atoms with van der Waals surface area (Å²) in [7, 11) is 0. The normalized spacial score (nSPS) is 11.7. The van der Waals surface area contributed by atoms with Crippen molar-refractivity contribution in [1.29, 1.82) is 0 Å². The standard InChI is InChI=1S/C20H19N3O3/c21-20(25)19(15-9-5-2-6-10-15)23-17(24)11-12-18-22-13-16(26-18)14-7-3-1-4-8-14/h1-10,13,19H,11-12H2,(H2,21,25)(H,23,24)/t19-/m1/s1. The molecule has 2 amide bonds. The molecule has 3 rings (SSSR count). The van der Waals surface area contributed by atoms with Crippen LogP contribution in [0.5, 0.6) is 0 Å². The topological polar surface area (TPSA) is 98.2 Å². The molecule has 132 valence electrons. The van der Waals surface area contributed by atoms with E-state index in [2.05, 4.69) is 10.3 Å². The van der Waals surface area contributed by atoms with E-state index in [1.165, 1.54) is 0 Å². The summed E-state index contributed by atoms with van der Waals surface area (Å²) >= 11 is 0. The molecule has 0 aliphatic rings. The van der Waals surface area contributed by atoms with Crippen LogP contribution in [0.3, 0.4) is 0 Å². The van der Waals surface area contributed by atoms with Crippen LogP contribution < -0.4 is 11.1 Å². The highest BCUT2D eigenvalue weighted by Gasteiger charge is 2.20. The molecule has 0 fully saturated rings. The molecule has 26 heavy (non-hydrogen) atoms. The van der Waals surface area contributed by atoms with Crippen molar-refractivity contribution in [2.24, 2.45) is 5.73 Å². The Morgan fingerprint density at radius 3 is 2.35 bits per heavy atom. The molecule has 0 aliphatic heterocycles. The second-order valence-corrected chi connectivity index (χ2v) is 5.80. The number of benzene rings is 2. The van der Waals surface area contributed by atoms with E-state index in [0.717, 1.165) is 5.56 Å². The van der Waals surface area contributed by atoms with Crippen LogP contribution in [0.15, 0.2) is 71.3 Å². The number of rotatable bonds is 7. The maximum Gasteiger partial charge on any atom is 0.244 e. The number of nitrogens with two attached hydrogens (primary N) is 1. The molecule has 3 aromatic rings. The molecule has 1 aromatic heterocycles. The minimum Gasteiger partial charge on any atom is -0.441 e. The minimum atomic E-state index is -0.854. The van der Waals surface area contributed by atoms with E-state index in [0.29, 0.717) is 23.6 Å². The number of nitrogens with zero attached hydrogens (tertiary/aromatic N) is 1. The van der Waals surface area contributed by atoms with Crippen molar-refractivity contribution in [2.75, 3.05) is 0 Å². The van der Waals surface area contributed by atoms with Crippen molar-refractivity contribution in [2.45, 2.75) is 18.9 Å². The number of oxazole rings is 1. The highest BCUT2D eigenvalue weighted by Crippen LogP contribution is 2.20. The number of aryl methyl sites for hydroxylation is 1. The molecule has 6 nitrogen and oxygen atoms in total. The van der Waals surface area contributed by atoms with Crippen LogP contribution in [0.1, 0.15) is 23.9 Å². The van der Waals surface area contributed by atoms with E-state index in [9.17, 15) is 9.59 Å². The molecule has 0 spiro atoms. The first-order valence-electron chi connectivity index (χ1n) is 8.27. The summed E-state index contributed by atoms with van der Waals surface area (Å²) < 4.78 is 5.67. The van der Waals surface area contributed by atoms with Gasteiger partial charge in [-0.05, 0) is 5.56 Å². The third-order valence-electron chi connectivity index (χ3n) is 3.90. The number of nitrogens with one attached hydrogen (secondary N) is 1. The highest BCUT2D eigenvalue weighted by molar-refractivity contribution is 5.87. The van der Waals surface area contributed by atoms with Crippen molar-refractivity contribution in [3.05, 3.63) is 78.3 Å². The lowest BCUT2D eigenvalue weighted by Gasteiger charge is -2.15. The van der Waals surface area contributed by atoms with Gasteiger partial charge in [-0.2, -0.15) is 0 Å². The van der Waals surface area contributed by atoms with Crippen LogP contribution in [-0.2, 0) is 16.0 Å². The molecule has 0 saturated carbocycles. The summed E-state index contributed by atoms with van der Waals surface area (Å²) in [6.45, 7) is 0. The van der Waals surface area contributed by atoms with Gasteiger partial charge in [0.1, 0.15) is 6.04 Å². The Labute approximate surface area is 151 Å². The molecule has 2 aromatic carbocycles. The van der Waals surface area contributed by atoms with Gasteiger partial charge in [0.25, 0.3) is 0 Å². The molecule has 0 radical (unpaired) electrons. The minimum absolute atomic E-state index is 0.144. The first kappa shape index (κ1) is 17.4. The van der Waals surface area contributed by atoms with Gasteiger partial charge in [-0.1, -0.05) is 60.7 Å². The van der Waals surface area contributed by atoms with Gasteiger partial charge < -0.3 is 15.5 Å². The van der Waals surface area contributed by atoms with Gasteiger partial charge in [0.2, 0.25) is 11.8 Å². The zero-order valence-corrected chi connectivity index (χ0v) is 14.1. The van der Waals surface area contributed by atoms with E-state index < -0.39 is 11.9 Å². The Bertz CT molecular complexity index is 876. The second kappa shape index (κ2) is 8.11. The van der Waals surface area contributed by atoms with Crippen LogP contribution in [0, 0.1) is 0 Å². The first-order chi connectivity index (χ1) is 12.6. The van der Waals surface area contributed by atoms with Gasteiger partial charge in [-0.25, -0.2) is 4.98 Å². The van der Waals surface area contributed by atoms with Crippen molar-refractivity contribution in [1.82, 2.24) is 10.3 Å². The Morgan fingerprint density at radius 1 is 1.04 bits per heavy atom. The molecule has 3 N–H and O–H groups in total. The van der Waals surface area contributed by atoms with Gasteiger partial charge in [0.05, 0.1) is 6.20 Å². The average Bonchev–Trinajstić information content (AvgIpc) is 3.15. The van der Waals surface area contributed by atoms with Gasteiger partial charge in [-0.3, -0.25) is 9.59 Å². The van der Waals surface area contributed by atoms with Crippen LogP contribution in [0.2, 0.25) is 0 Å². The Hall–Kier alpha value is -3.41.